The van der Waals surface area contributed by atoms with Crippen molar-refractivity contribution in [2.24, 2.45) is 0 Å². The van der Waals surface area contributed by atoms with Gasteiger partial charge in [0.05, 0.1) is 10.5 Å². The molecule has 1 atom stereocenters. The van der Waals surface area contributed by atoms with Gasteiger partial charge in [-0.15, -0.1) is 0 Å². The van der Waals surface area contributed by atoms with Crippen molar-refractivity contribution in [3.63, 3.8) is 0 Å². The lowest BCUT2D eigenvalue weighted by atomic mass is 9.77. The molecule has 0 radical (unpaired) electrons. The maximum atomic E-state index is 13.2. The zero-order chi connectivity index (χ0) is 31.3. The van der Waals surface area contributed by atoms with Gasteiger partial charge >= 0.3 is 5.97 Å². The summed E-state index contributed by atoms with van der Waals surface area (Å²) < 4.78 is 12.8. The Hall–Kier alpha value is -5.63. The molecular weight excluding hydrogens is 566 g/mol. The number of benzene rings is 5. The van der Waals surface area contributed by atoms with Gasteiger partial charge in [-0.2, -0.15) is 0 Å². The summed E-state index contributed by atoms with van der Waals surface area (Å²) in [5.41, 5.74) is 8.22. The zero-order valence-electron chi connectivity index (χ0n) is 25.1. The number of esters is 1. The third-order valence-electron chi connectivity index (χ3n) is 8.62. The number of nitro benzene ring substituents is 1. The number of carbonyl (C=O) groups is 1. The molecule has 0 amide bonds. The molecular formula is C37H31N3O5. The van der Waals surface area contributed by atoms with Crippen LogP contribution in [0.5, 0.6) is 11.5 Å². The molecule has 2 N–H and O–H groups in total. The maximum Gasteiger partial charge on any atom is 0.340 e. The number of nitrogens with one attached hydrogen (secondary N) is 2. The first kappa shape index (κ1) is 28.2. The van der Waals surface area contributed by atoms with Gasteiger partial charge in [0, 0.05) is 64.9 Å². The van der Waals surface area contributed by atoms with Crippen LogP contribution in [0.3, 0.4) is 0 Å². The number of anilines is 2. The van der Waals surface area contributed by atoms with Gasteiger partial charge in [-0.25, -0.2) is 4.79 Å². The summed E-state index contributed by atoms with van der Waals surface area (Å²) in [7, 11) is 0. The summed E-state index contributed by atoms with van der Waals surface area (Å²) in [6.07, 6.45) is 0. The predicted octanol–water partition coefficient (Wildman–Crippen LogP) is 8.31. The average Bonchev–Trinajstić information content (AvgIpc) is 3.32. The molecule has 0 saturated heterocycles. The molecule has 45 heavy (non-hydrogen) atoms. The molecule has 0 saturated carbocycles. The Morgan fingerprint density at radius 1 is 0.711 bits per heavy atom. The van der Waals surface area contributed by atoms with Gasteiger partial charge in [0.2, 0.25) is 0 Å². The Labute approximate surface area is 260 Å². The number of ether oxygens (including phenoxy) is 2. The van der Waals surface area contributed by atoms with Crippen LogP contribution in [-0.4, -0.2) is 10.9 Å². The Bertz CT molecular complexity index is 2020. The maximum absolute atomic E-state index is 13.2. The van der Waals surface area contributed by atoms with Crippen molar-refractivity contribution in [3.8, 4) is 11.5 Å². The van der Waals surface area contributed by atoms with Crippen LogP contribution in [0.15, 0.2) is 97.1 Å². The SMILES string of the molecule is Cc1ccc(CNc2ccc3c(c2)Oc2cc(NCc4ccc(C)cc4[N+](=O)[O-])ccc2C32OC(=O)c3ccccc32)c(C)c1. The quantitative estimate of drug-likeness (QED) is 0.110. The molecule has 2 heterocycles. The second-order valence-electron chi connectivity index (χ2n) is 11.7. The summed E-state index contributed by atoms with van der Waals surface area (Å²) >= 11 is 0. The minimum atomic E-state index is -1.18. The van der Waals surface area contributed by atoms with Crippen LogP contribution >= 0.6 is 0 Å². The van der Waals surface area contributed by atoms with E-state index in [0.717, 1.165) is 22.4 Å². The van der Waals surface area contributed by atoms with Gasteiger partial charge in [0.15, 0.2) is 5.60 Å². The molecule has 7 rings (SSSR count). The summed E-state index contributed by atoms with van der Waals surface area (Å²) in [4.78, 5) is 24.5. The van der Waals surface area contributed by atoms with Crippen molar-refractivity contribution in [1.82, 2.24) is 0 Å². The van der Waals surface area contributed by atoms with Crippen LogP contribution in [0.1, 0.15) is 54.9 Å². The monoisotopic (exact) mass is 597 g/mol. The second kappa shape index (κ2) is 10.8. The molecule has 0 bridgehead atoms. The standard InChI is InChI=1S/C37H31N3O5/c1-22-8-10-25(24(3)16-22)20-38-27-12-14-31-34(18-27)44-35-19-28(39-21-26-11-9-23(2)17-33(26)40(42)43)13-15-32(35)37(31)30-7-5-4-6-29(30)36(41)45-37/h4-19,38-39H,20-21H2,1-3H3. The smallest absolute Gasteiger partial charge is 0.340 e. The molecule has 1 spiro atoms. The van der Waals surface area contributed by atoms with Gasteiger partial charge < -0.3 is 20.1 Å². The number of aryl methyl sites for hydroxylation is 3. The highest BCUT2D eigenvalue weighted by Crippen LogP contribution is 2.56. The van der Waals surface area contributed by atoms with E-state index in [2.05, 4.69) is 42.7 Å². The fourth-order valence-corrected chi connectivity index (χ4v) is 6.33. The van der Waals surface area contributed by atoms with Gasteiger partial charge in [0.25, 0.3) is 5.69 Å². The zero-order valence-corrected chi connectivity index (χ0v) is 25.1. The number of carbonyl (C=O) groups excluding carboxylic acids is 1. The fraction of sp³-hybridized carbons (Fsp3) is 0.162. The summed E-state index contributed by atoms with van der Waals surface area (Å²) in [6, 6.07) is 30.6. The van der Waals surface area contributed by atoms with E-state index in [1.807, 2.05) is 67.6 Å². The highest BCUT2D eigenvalue weighted by molar-refractivity contribution is 5.97. The lowest BCUT2D eigenvalue weighted by Crippen LogP contribution is -2.33. The van der Waals surface area contributed by atoms with E-state index >= 15 is 0 Å². The number of rotatable bonds is 7. The molecule has 0 aliphatic carbocycles. The Morgan fingerprint density at radius 2 is 1.31 bits per heavy atom. The Balaban J connectivity index is 1.26. The molecule has 1 unspecified atom stereocenters. The molecule has 5 aromatic rings. The number of nitro groups is 1. The van der Waals surface area contributed by atoms with Crippen molar-refractivity contribution in [1.29, 1.82) is 0 Å². The molecule has 2 aliphatic heterocycles. The molecule has 2 aliphatic rings. The first-order chi connectivity index (χ1) is 21.7. The van der Waals surface area contributed by atoms with Crippen molar-refractivity contribution in [3.05, 3.63) is 157 Å². The van der Waals surface area contributed by atoms with Gasteiger partial charge in [-0.1, -0.05) is 54.1 Å². The van der Waals surface area contributed by atoms with Gasteiger partial charge in [-0.05, 0) is 67.8 Å². The van der Waals surface area contributed by atoms with E-state index in [1.165, 1.54) is 16.7 Å². The lowest BCUT2D eigenvalue weighted by molar-refractivity contribution is -0.385. The Morgan fingerprint density at radius 3 is 1.96 bits per heavy atom. The number of fused-ring (bicyclic) bond motifs is 6. The van der Waals surface area contributed by atoms with E-state index < -0.39 is 11.6 Å². The van der Waals surface area contributed by atoms with E-state index in [1.54, 1.807) is 18.2 Å². The first-order valence-corrected chi connectivity index (χ1v) is 14.8. The topological polar surface area (TPSA) is 103 Å². The van der Waals surface area contributed by atoms with Crippen LogP contribution in [-0.2, 0) is 23.4 Å². The summed E-state index contributed by atoms with van der Waals surface area (Å²) in [5.74, 6) is 0.709. The highest BCUT2D eigenvalue weighted by Gasteiger charge is 2.53. The summed E-state index contributed by atoms with van der Waals surface area (Å²) in [5, 5.41) is 18.5. The normalized spacial score (nSPS) is 15.8. The molecule has 224 valence electrons. The van der Waals surface area contributed by atoms with E-state index in [0.29, 0.717) is 40.4 Å². The van der Waals surface area contributed by atoms with Crippen LogP contribution in [0, 0.1) is 30.9 Å². The van der Waals surface area contributed by atoms with Crippen molar-refractivity contribution in [2.45, 2.75) is 39.5 Å². The minimum absolute atomic E-state index is 0.0694. The molecule has 5 aromatic carbocycles. The molecule has 0 fully saturated rings. The van der Waals surface area contributed by atoms with Crippen LogP contribution < -0.4 is 15.4 Å². The second-order valence-corrected chi connectivity index (χ2v) is 11.7. The van der Waals surface area contributed by atoms with Crippen molar-refractivity contribution < 1.29 is 19.2 Å². The van der Waals surface area contributed by atoms with Crippen molar-refractivity contribution in [2.75, 3.05) is 10.6 Å². The molecule has 8 nitrogen and oxygen atoms in total. The number of hydrogen-bond donors (Lipinski definition) is 2. The third-order valence-corrected chi connectivity index (χ3v) is 8.62. The van der Waals surface area contributed by atoms with E-state index in [4.69, 9.17) is 9.47 Å². The number of hydrogen-bond acceptors (Lipinski definition) is 7. The minimum Gasteiger partial charge on any atom is -0.456 e. The van der Waals surface area contributed by atoms with Crippen LogP contribution in [0.4, 0.5) is 17.1 Å². The van der Waals surface area contributed by atoms with Crippen LogP contribution in [0.25, 0.3) is 0 Å². The summed E-state index contributed by atoms with van der Waals surface area (Å²) in [6.45, 7) is 6.91. The van der Waals surface area contributed by atoms with Crippen molar-refractivity contribution >= 4 is 23.0 Å². The largest absolute Gasteiger partial charge is 0.456 e. The predicted molar refractivity (Wildman–Crippen MR) is 173 cm³/mol. The highest BCUT2D eigenvalue weighted by atomic mass is 16.6. The molecule has 0 aromatic heterocycles. The van der Waals surface area contributed by atoms with E-state index in [9.17, 15) is 14.9 Å². The average molecular weight is 598 g/mol. The fourth-order valence-electron chi connectivity index (χ4n) is 6.33. The number of nitrogens with zero attached hydrogens (tertiary/aromatic N) is 1. The van der Waals surface area contributed by atoms with E-state index in [-0.39, 0.29) is 17.2 Å². The third kappa shape index (κ3) is 4.84. The molecule has 8 heteroatoms. The van der Waals surface area contributed by atoms with Gasteiger partial charge in [0.1, 0.15) is 11.5 Å². The Kier molecular flexibility index (Phi) is 6.77. The van der Waals surface area contributed by atoms with Crippen LogP contribution in [0.2, 0.25) is 0 Å². The van der Waals surface area contributed by atoms with Gasteiger partial charge in [-0.3, -0.25) is 10.1 Å². The lowest BCUT2D eigenvalue weighted by Gasteiger charge is -2.37. The first-order valence-electron chi connectivity index (χ1n) is 14.8.